The van der Waals surface area contributed by atoms with E-state index < -0.39 is 0 Å². The van der Waals surface area contributed by atoms with Gasteiger partial charge in [-0.05, 0) is 37.8 Å². The van der Waals surface area contributed by atoms with Gasteiger partial charge in [0.2, 0.25) is 5.91 Å². The van der Waals surface area contributed by atoms with Crippen LogP contribution in [0.2, 0.25) is 0 Å². The Bertz CT molecular complexity index is 881. The molecule has 7 nitrogen and oxygen atoms in total. The number of H-pyrrole nitrogens is 1. The van der Waals surface area contributed by atoms with E-state index in [4.69, 9.17) is 0 Å². The predicted molar refractivity (Wildman–Crippen MR) is 102 cm³/mol. The van der Waals surface area contributed by atoms with Gasteiger partial charge in [-0.2, -0.15) is 0 Å². The van der Waals surface area contributed by atoms with Crippen LogP contribution in [0, 0.1) is 5.92 Å². The summed E-state index contributed by atoms with van der Waals surface area (Å²) in [4.78, 5) is 42.1. The largest absolute Gasteiger partial charge is 0.348 e. The van der Waals surface area contributed by atoms with Crippen molar-refractivity contribution in [2.45, 2.75) is 44.1 Å². The van der Waals surface area contributed by atoms with Gasteiger partial charge < -0.3 is 14.8 Å². The van der Waals surface area contributed by atoms with Crippen LogP contribution < -0.4 is 0 Å². The third kappa shape index (κ3) is 2.64. The lowest BCUT2D eigenvalue weighted by molar-refractivity contribution is -0.148. The molecule has 3 aliphatic rings. The van der Waals surface area contributed by atoms with Crippen molar-refractivity contribution in [2.24, 2.45) is 5.92 Å². The summed E-state index contributed by atoms with van der Waals surface area (Å²) in [5.74, 6) is 0.417. The summed E-state index contributed by atoms with van der Waals surface area (Å²) in [5.41, 5.74) is 2.24. The number of fused-ring (bicyclic) bond motifs is 2. The third-order valence-corrected chi connectivity index (χ3v) is 6.74. The first-order chi connectivity index (χ1) is 13.7. The molecule has 4 heterocycles. The molecule has 0 radical (unpaired) electrons. The third-order valence-electron chi connectivity index (χ3n) is 6.74. The highest BCUT2D eigenvalue weighted by Gasteiger charge is 2.50. The number of carbonyl (C=O) groups is 2. The number of nitrogens with zero attached hydrogens (tertiary/aromatic N) is 4. The molecule has 1 saturated carbocycles. The first kappa shape index (κ1) is 17.4. The number of carbonyl (C=O) groups excluding carboxylic acids is 2. The maximum Gasteiger partial charge on any atom is 0.272 e. The Morgan fingerprint density at radius 2 is 1.93 bits per heavy atom. The zero-order chi connectivity index (χ0) is 19.1. The predicted octanol–water partition coefficient (Wildman–Crippen LogP) is 2.12. The molecular formula is C21H25N5O2. The number of amides is 2. The van der Waals surface area contributed by atoms with Crippen LogP contribution in [-0.4, -0.2) is 56.2 Å². The van der Waals surface area contributed by atoms with Gasteiger partial charge in [-0.25, -0.2) is 4.98 Å². The molecular weight excluding hydrogens is 354 g/mol. The topological polar surface area (TPSA) is 82.2 Å². The van der Waals surface area contributed by atoms with Crippen LogP contribution in [0.15, 0.2) is 30.7 Å². The molecule has 2 fully saturated rings. The molecule has 28 heavy (non-hydrogen) atoms. The zero-order valence-electron chi connectivity index (χ0n) is 15.9. The minimum Gasteiger partial charge on any atom is -0.348 e. The number of hydrogen-bond acceptors (Lipinski definition) is 4. The number of piperidine rings is 1. The monoisotopic (exact) mass is 379 g/mol. The molecule has 5 rings (SSSR count). The highest BCUT2D eigenvalue weighted by Crippen LogP contribution is 2.44. The number of aromatic nitrogens is 3. The second kappa shape index (κ2) is 6.72. The van der Waals surface area contributed by atoms with Gasteiger partial charge in [0.1, 0.15) is 5.69 Å². The molecule has 0 bridgehead atoms. The summed E-state index contributed by atoms with van der Waals surface area (Å²) in [6.45, 7) is 1.95. The summed E-state index contributed by atoms with van der Waals surface area (Å²) in [7, 11) is 0. The molecule has 1 N–H and O–H groups in total. The maximum absolute atomic E-state index is 13.2. The Hall–Kier alpha value is -2.70. The second-order valence-electron chi connectivity index (χ2n) is 8.14. The molecule has 1 spiro atoms. The molecule has 1 aliphatic carbocycles. The summed E-state index contributed by atoms with van der Waals surface area (Å²) in [6.07, 6.45) is 8.82. The standard InChI is InChI=1S/C21H25N5O2/c27-19(15-4-3-5-15)26-11-7-16-18(24-14-23-16)21(26)8-12-25(13-9-21)20(28)17-6-1-2-10-22-17/h1-2,6,10,14-15H,3-5,7-9,11-13H2,(H,23,24). The van der Waals surface area contributed by atoms with Crippen molar-refractivity contribution in [3.8, 4) is 0 Å². The molecule has 2 aliphatic heterocycles. The van der Waals surface area contributed by atoms with Crippen molar-refractivity contribution in [1.29, 1.82) is 0 Å². The Kier molecular flexibility index (Phi) is 4.18. The van der Waals surface area contributed by atoms with Crippen LogP contribution >= 0.6 is 0 Å². The fourth-order valence-corrected chi connectivity index (χ4v) is 4.91. The smallest absolute Gasteiger partial charge is 0.272 e. The van der Waals surface area contributed by atoms with E-state index in [9.17, 15) is 9.59 Å². The lowest BCUT2D eigenvalue weighted by Gasteiger charge is -2.51. The molecule has 0 unspecified atom stereocenters. The van der Waals surface area contributed by atoms with Gasteiger partial charge in [-0.3, -0.25) is 14.6 Å². The highest BCUT2D eigenvalue weighted by molar-refractivity contribution is 5.92. The molecule has 0 atom stereocenters. The van der Waals surface area contributed by atoms with Crippen molar-refractivity contribution < 1.29 is 9.59 Å². The van der Waals surface area contributed by atoms with Crippen LogP contribution in [0.3, 0.4) is 0 Å². The molecule has 146 valence electrons. The number of imidazole rings is 1. The number of hydrogen-bond donors (Lipinski definition) is 1. The van der Waals surface area contributed by atoms with Gasteiger partial charge >= 0.3 is 0 Å². The molecule has 0 aromatic carbocycles. The van der Waals surface area contributed by atoms with Crippen LogP contribution in [0.5, 0.6) is 0 Å². The fraction of sp³-hybridized carbons (Fsp3) is 0.524. The van der Waals surface area contributed by atoms with Gasteiger partial charge in [0.15, 0.2) is 0 Å². The van der Waals surface area contributed by atoms with Crippen LogP contribution in [0.25, 0.3) is 0 Å². The number of nitrogens with one attached hydrogen (secondary N) is 1. The minimum atomic E-state index is -0.388. The summed E-state index contributed by atoms with van der Waals surface area (Å²) < 4.78 is 0. The Morgan fingerprint density at radius 1 is 1.11 bits per heavy atom. The zero-order valence-corrected chi connectivity index (χ0v) is 15.9. The van der Waals surface area contributed by atoms with E-state index in [1.54, 1.807) is 18.6 Å². The summed E-state index contributed by atoms with van der Waals surface area (Å²) >= 11 is 0. The maximum atomic E-state index is 13.2. The Labute approximate surface area is 164 Å². The normalized spacial score (nSPS) is 21.3. The summed E-state index contributed by atoms with van der Waals surface area (Å²) in [5, 5.41) is 0. The Balaban J connectivity index is 1.41. The van der Waals surface area contributed by atoms with E-state index in [1.807, 2.05) is 17.0 Å². The number of aromatic amines is 1. The fourth-order valence-electron chi connectivity index (χ4n) is 4.91. The lowest BCUT2D eigenvalue weighted by atomic mass is 9.76. The van der Waals surface area contributed by atoms with Gasteiger partial charge in [0.25, 0.3) is 5.91 Å². The number of rotatable bonds is 2. The van der Waals surface area contributed by atoms with Gasteiger partial charge in [-0.15, -0.1) is 0 Å². The van der Waals surface area contributed by atoms with Crippen molar-refractivity contribution in [2.75, 3.05) is 19.6 Å². The molecule has 2 aromatic heterocycles. The Morgan fingerprint density at radius 3 is 2.61 bits per heavy atom. The SMILES string of the molecule is O=C(c1ccccn1)N1CCC2(CC1)c1nc[nH]c1CCN2C(=O)C1CCC1. The number of likely N-dealkylation sites (tertiary alicyclic amines) is 1. The van der Waals surface area contributed by atoms with Crippen LogP contribution in [0.1, 0.15) is 54.0 Å². The van der Waals surface area contributed by atoms with Gasteiger partial charge in [0.05, 0.1) is 17.6 Å². The quantitative estimate of drug-likeness (QED) is 0.867. The summed E-state index contributed by atoms with van der Waals surface area (Å²) in [6, 6.07) is 5.40. The highest BCUT2D eigenvalue weighted by atomic mass is 16.2. The van der Waals surface area contributed by atoms with Crippen LogP contribution in [-0.2, 0) is 16.8 Å². The van der Waals surface area contributed by atoms with E-state index in [1.165, 1.54) is 0 Å². The first-order valence-electron chi connectivity index (χ1n) is 10.2. The molecule has 1 saturated heterocycles. The first-order valence-corrected chi connectivity index (χ1v) is 10.2. The molecule has 2 amide bonds. The van der Waals surface area contributed by atoms with Crippen molar-refractivity contribution in [3.63, 3.8) is 0 Å². The number of pyridine rings is 1. The van der Waals surface area contributed by atoms with E-state index in [0.29, 0.717) is 18.8 Å². The van der Waals surface area contributed by atoms with Gasteiger partial charge in [0, 0.05) is 43.9 Å². The van der Waals surface area contributed by atoms with E-state index >= 15 is 0 Å². The van der Waals surface area contributed by atoms with E-state index in [-0.39, 0.29) is 23.3 Å². The van der Waals surface area contributed by atoms with Gasteiger partial charge in [-0.1, -0.05) is 12.5 Å². The molecule has 2 aromatic rings. The van der Waals surface area contributed by atoms with E-state index in [2.05, 4.69) is 19.9 Å². The second-order valence-corrected chi connectivity index (χ2v) is 8.14. The molecule has 7 heteroatoms. The van der Waals surface area contributed by atoms with Crippen molar-refractivity contribution in [1.82, 2.24) is 24.8 Å². The van der Waals surface area contributed by atoms with Crippen molar-refractivity contribution in [3.05, 3.63) is 47.8 Å². The van der Waals surface area contributed by atoms with Crippen molar-refractivity contribution >= 4 is 11.8 Å². The van der Waals surface area contributed by atoms with Crippen LogP contribution in [0.4, 0.5) is 0 Å². The average molecular weight is 379 g/mol. The minimum absolute atomic E-state index is 0.0367. The average Bonchev–Trinajstić information content (AvgIpc) is 3.18. The lowest BCUT2D eigenvalue weighted by Crippen LogP contribution is -2.60. The van der Waals surface area contributed by atoms with E-state index in [0.717, 1.165) is 56.5 Å².